The molecule has 28 heavy (non-hydrogen) atoms. The highest BCUT2D eigenvalue weighted by atomic mass is 19.4. The van der Waals surface area contributed by atoms with E-state index in [1.54, 1.807) is 0 Å². The Kier molecular flexibility index (Phi) is 4.85. The van der Waals surface area contributed by atoms with Crippen LogP contribution < -0.4 is 10.2 Å². The quantitative estimate of drug-likeness (QED) is 0.734. The Morgan fingerprint density at radius 1 is 1.00 bits per heavy atom. The molecular formula is C20H18F3N5. The fourth-order valence-corrected chi connectivity index (χ4v) is 3.21. The van der Waals surface area contributed by atoms with E-state index >= 15 is 0 Å². The molecule has 0 radical (unpaired) electrons. The SMILES string of the molecule is FC(F)(F)c1ccc(N2CCc3ncnc(NCc4ccccc4)c3C2)nc1. The van der Waals surface area contributed by atoms with E-state index in [1.807, 2.05) is 35.2 Å². The Bertz CT molecular complexity index is 942. The molecule has 3 aromatic rings. The van der Waals surface area contributed by atoms with Gasteiger partial charge in [-0.3, -0.25) is 0 Å². The summed E-state index contributed by atoms with van der Waals surface area (Å²) in [6.07, 6.45) is -1.29. The van der Waals surface area contributed by atoms with Crippen LogP contribution in [0.2, 0.25) is 0 Å². The van der Waals surface area contributed by atoms with Crippen molar-refractivity contribution in [1.29, 1.82) is 0 Å². The zero-order chi connectivity index (χ0) is 19.6. The Hall–Kier alpha value is -3.16. The molecule has 0 unspecified atom stereocenters. The lowest BCUT2D eigenvalue weighted by Gasteiger charge is -2.30. The number of rotatable bonds is 4. The maximum Gasteiger partial charge on any atom is 0.417 e. The lowest BCUT2D eigenvalue weighted by atomic mass is 10.1. The first kappa shape index (κ1) is 18.2. The number of hydrogen-bond acceptors (Lipinski definition) is 5. The van der Waals surface area contributed by atoms with Gasteiger partial charge in [0, 0.05) is 37.8 Å². The van der Waals surface area contributed by atoms with Crippen LogP contribution in [0.3, 0.4) is 0 Å². The molecular weight excluding hydrogens is 367 g/mol. The van der Waals surface area contributed by atoms with Crippen molar-refractivity contribution in [3.63, 3.8) is 0 Å². The van der Waals surface area contributed by atoms with E-state index in [0.717, 1.165) is 34.9 Å². The van der Waals surface area contributed by atoms with Gasteiger partial charge in [-0.25, -0.2) is 15.0 Å². The molecule has 1 aromatic carbocycles. The third-order valence-corrected chi connectivity index (χ3v) is 4.70. The zero-order valence-electron chi connectivity index (χ0n) is 14.9. The predicted molar refractivity (Wildman–Crippen MR) is 99.8 cm³/mol. The number of nitrogens with one attached hydrogen (secondary N) is 1. The van der Waals surface area contributed by atoms with E-state index < -0.39 is 11.7 Å². The highest BCUT2D eigenvalue weighted by Crippen LogP contribution is 2.31. The van der Waals surface area contributed by atoms with E-state index in [2.05, 4.69) is 20.3 Å². The van der Waals surface area contributed by atoms with Crippen LogP contribution in [-0.2, 0) is 25.7 Å². The third-order valence-electron chi connectivity index (χ3n) is 4.70. The molecule has 144 valence electrons. The van der Waals surface area contributed by atoms with Gasteiger partial charge in [0.1, 0.15) is 18.0 Å². The van der Waals surface area contributed by atoms with Crippen LogP contribution in [0.15, 0.2) is 55.0 Å². The Morgan fingerprint density at radius 2 is 1.82 bits per heavy atom. The lowest BCUT2D eigenvalue weighted by Crippen LogP contribution is -2.32. The van der Waals surface area contributed by atoms with Crippen LogP contribution in [0.4, 0.5) is 24.8 Å². The molecule has 3 heterocycles. The maximum absolute atomic E-state index is 12.8. The molecule has 0 bridgehead atoms. The number of pyridine rings is 1. The number of benzene rings is 1. The summed E-state index contributed by atoms with van der Waals surface area (Å²) < 4.78 is 38.3. The molecule has 0 aliphatic carbocycles. The van der Waals surface area contributed by atoms with Crippen molar-refractivity contribution in [2.24, 2.45) is 0 Å². The van der Waals surface area contributed by atoms with E-state index in [1.165, 1.54) is 12.4 Å². The topological polar surface area (TPSA) is 53.9 Å². The van der Waals surface area contributed by atoms with Crippen molar-refractivity contribution >= 4 is 11.6 Å². The summed E-state index contributed by atoms with van der Waals surface area (Å²) in [6, 6.07) is 12.4. The molecule has 2 aromatic heterocycles. The van der Waals surface area contributed by atoms with Crippen molar-refractivity contribution in [2.45, 2.75) is 25.7 Å². The Morgan fingerprint density at radius 3 is 2.54 bits per heavy atom. The molecule has 0 saturated heterocycles. The van der Waals surface area contributed by atoms with Crippen molar-refractivity contribution in [3.8, 4) is 0 Å². The average molecular weight is 385 g/mol. The molecule has 5 nitrogen and oxygen atoms in total. The molecule has 1 aliphatic rings. The van der Waals surface area contributed by atoms with E-state index in [0.29, 0.717) is 31.9 Å². The molecule has 1 aliphatic heterocycles. The van der Waals surface area contributed by atoms with Crippen LogP contribution in [0.25, 0.3) is 0 Å². The zero-order valence-corrected chi connectivity index (χ0v) is 14.9. The molecule has 0 fully saturated rings. The maximum atomic E-state index is 12.8. The highest BCUT2D eigenvalue weighted by molar-refractivity contribution is 5.52. The van der Waals surface area contributed by atoms with Crippen LogP contribution in [0, 0.1) is 0 Å². The molecule has 8 heteroatoms. The lowest BCUT2D eigenvalue weighted by molar-refractivity contribution is -0.137. The number of hydrogen-bond donors (Lipinski definition) is 1. The van der Waals surface area contributed by atoms with E-state index in [4.69, 9.17) is 0 Å². The highest BCUT2D eigenvalue weighted by Gasteiger charge is 2.31. The van der Waals surface area contributed by atoms with Crippen molar-refractivity contribution in [3.05, 3.63) is 77.4 Å². The predicted octanol–water partition coefficient (Wildman–Crippen LogP) is 4.07. The normalized spacial score (nSPS) is 13.9. The van der Waals surface area contributed by atoms with Gasteiger partial charge in [-0.1, -0.05) is 30.3 Å². The van der Waals surface area contributed by atoms with Gasteiger partial charge in [0.15, 0.2) is 0 Å². The number of fused-ring (bicyclic) bond motifs is 1. The fourth-order valence-electron chi connectivity index (χ4n) is 3.21. The molecule has 0 atom stereocenters. The van der Waals surface area contributed by atoms with E-state index in [9.17, 15) is 13.2 Å². The largest absolute Gasteiger partial charge is 0.417 e. The van der Waals surface area contributed by atoms with Crippen LogP contribution in [0.5, 0.6) is 0 Å². The summed E-state index contributed by atoms with van der Waals surface area (Å²) in [5.74, 6) is 1.25. The number of aromatic nitrogens is 3. The summed E-state index contributed by atoms with van der Waals surface area (Å²) in [5, 5.41) is 3.34. The first-order valence-corrected chi connectivity index (χ1v) is 8.89. The van der Waals surface area contributed by atoms with Gasteiger partial charge in [-0.15, -0.1) is 0 Å². The molecule has 4 rings (SSSR count). The van der Waals surface area contributed by atoms with Crippen molar-refractivity contribution in [2.75, 3.05) is 16.8 Å². The standard InChI is InChI=1S/C20H18F3N5/c21-20(22,23)15-6-7-18(24-11-15)28-9-8-17-16(12-28)19(27-13-26-17)25-10-14-4-2-1-3-5-14/h1-7,11,13H,8-10,12H2,(H,25,26,27). The number of nitrogens with zero attached hydrogens (tertiary/aromatic N) is 4. The van der Waals surface area contributed by atoms with Crippen molar-refractivity contribution in [1.82, 2.24) is 15.0 Å². The second kappa shape index (κ2) is 7.46. The summed E-state index contributed by atoms with van der Waals surface area (Å²) in [4.78, 5) is 14.7. The number of alkyl halides is 3. The summed E-state index contributed by atoms with van der Waals surface area (Å²) in [5.41, 5.74) is 2.29. The van der Waals surface area contributed by atoms with Gasteiger partial charge in [0.25, 0.3) is 0 Å². The van der Waals surface area contributed by atoms with Gasteiger partial charge >= 0.3 is 6.18 Å². The number of anilines is 2. The fraction of sp³-hybridized carbons (Fsp3) is 0.250. The van der Waals surface area contributed by atoms with Gasteiger partial charge < -0.3 is 10.2 Å². The van der Waals surface area contributed by atoms with Gasteiger partial charge in [0.2, 0.25) is 0 Å². The van der Waals surface area contributed by atoms with Crippen LogP contribution in [0.1, 0.15) is 22.4 Å². The summed E-state index contributed by atoms with van der Waals surface area (Å²) in [6.45, 7) is 1.76. The average Bonchev–Trinajstić information content (AvgIpc) is 2.72. The van der Waals surface area contributed by atoms with Gasteiger partial charge in [-0.05, 0) is 17.7 Å². The molecule has 1 N–H and O–H groups in total. The summed E-state index contributed by atoms with van der Waals surface area (Å²) >= 11 is 0. The molecule has 0 amide bonds. The Balaban J connectivity index is 1.52. The first-order valence-electron chi connectivity index (χ1n) is 8.89. The third kappa shape index (κ3) is 3.90. The van der Waals surface area contributed by atoms with Gasteiger partial charge in [0.05, 0.1) is 11.3 Å². The Labute approximate surface area is 160 Å². The monoisotopic (exact) mass is 385 g/mol. The van der Waals surface area contributed by atoms with Gasteiger partial charge in [-0.2, -0.15) is 13.2 Å². The van der Waals surface area contributed by atoms with Crippen LogP contribution in [-0.4, -0.2) is 21.5 Å². The second-order valence-corrected chi connectivity index (χ2v) is 6.56. The summed E-state index contributed by atoms with van der Waals surface area (Å²) in [7, 11) is 0. The smallest absolute Gasteiger partial charge is 0.366 e. The van der Waals surface area contributed by atoms with Crippen molar-refractivity contribution < 1.29 is 13.2 Å². The number of halogens is 3. The minimum atomic E-state index is -4.39. The van der Waals surface area contributed by atoms with E-state index in [-0.39, 0.29) is 0 Å². The minimum Gasteiger partial charge on any atom is -0.366 e. The first-order chi connectivity index (χ1) is 13.5. The minimum absolute atomic E-state index is 0.492. The molecule has 0 spiro atoms. The second-order valence-electron chi connectivity index (χ2n) is 6.56. The molecule has 0 saturated carbocycles. The van der Waals surface area contributed by atoms with Crippen LogP contribution >= 0.6 is 0 Å².